The lowest BCUT2D eigenvalue weighted by Gasteiger charge is -2.37. The van der Waals surface area contributed by atoms with Crippen LogP contribution in [0.2, 0.25) is 18.1 Å². The van der Waals surface area contributed by atoms with E-state index in [4.69, 9.17) is 9.16 Å². The summed E-state index contributed by atoms with van der Waals surface area (Å²) in [5.41, 5.74) is 0.456. The van der Waals surface area contributed by atoms with Crippen LogP contribution in [0, 0.1) is 9.49 Å². The average molecular weight is 519 g/mol. The molecule has 28 heavy (non-hydrogen) atoms. The maximum absolute atomic E-state index is 12.5. The van der Waals surface area contributed by atoms with Gasteiger partial charge in [-0.3, -0.25) is 4.79 Å². The van der Waals surface area contributed by atoms with Crippen LogP contribution in [0.1, 0.15) is 65.9 Å². The second-order valence-corrected chi connectivity index (χ2v) is 15.8. The van der Waals surface area contributed by atoms with Gasteiger partial charge in [-0.15, -0.1) is 0 Å². The fourth-order valence-electron chi connectivity index (χ4n) is 3.04. The lowest BCUT2D eigenvalue weighted by atomic mass is 9.78. The first kappa shape index (κ1) is 25.6. The van der Waals surface area contributed by atoms with E-state index >= 15 is 0 Å². The molecular formula is C23H39IO3Si. The van der Waals surface area contributed by atoms with Crippen LogP contribution in [0.25, 0.3) is 0 Å². The number of benzene rings is 1. The van der Waals surface area contributed by atoms with E-state index in [1.165, 1.54) is 7.11 Å². The van der Waals surface area contributed by atoms with E-state index in [-0.39, 0.29) is 11.0 Å². The molecule has 0 aliphatic rings. The molecule has 0 saturated carbocycles. The van der Waals surface area contributed by atoms with Crippen LogP contribution in [0.4, 0.5) is 0 Å². The molecule has 0 radical (unpaired) electrons. The van der Waals surface area contributed by atoms with Gasteiger partial charge in [0.15, 0.2) is 8.32 Å². The third-order valence-corrected chi connectivity index (χ3v) is 11.4. The van der Waals surface area contributed by atoms with E-state index in [2.05, 4.69) is 69.4 Å². The zero-order valence-electron chi connectivity index (χ0n) is 19.0. The van der Waals surface area contributed by atoms with Crippen molar-refractivity contribution in [2.45, 2.75) is 83.8 Å². The molecule has 0 spiro atoms. The summed E-state index contributed by atoms with van der Waals surface area (Å²) in [7, 11) is -0.195. The Morgan fingerprint density at radius 1 is 1.18 bits per heavy atom. The van der Waals surface area contributed by atoms with Crippen molar-refractivity contribution < 1.29 is 14.0 Å². The minimum absolute atomic E-state index is 0.149. The average Bonchev–Trinajstić information content (AvgIpc) is 2.61. The molecule has 0 aliphatic heterocycles. The van der Waals surface area contributed by atoms with Gasteiger partial charge < -0.3 is 9.16 Å². The van der Waals surface area contributed by atoms with E-state index in [9.17, 15) is 4.79 Å². The normalized spacial score (nSPS) is 15.8. The van der Waals surface area contributed by atoms with E-state index in [1.807, 2.05) is 25.1 Å². The van der Waals surface area contributed by atoms with Gasteiger partial charge in [-0.25, -0.2) is 0 Å². The van der Waals surface area contributed by atoms with Gasteiger partial charge in [0.1, 0.15) is 0 Å². The van der Waals surface area contributed by atoms with Crippen molar-refractivity contribution in [2.75, 3.05) is 13.7 Å². The first-order chi connectivity index (χ1) is 12.8. The highest BCUT2D eigenvalue weighted by Gasteiger charge is 2.38. The molecule has 0 fully saturated rings. The Labute approximate surface area is 187 Å². The fraction of sp³-hybridized carbons (Fsp3) is 0.696. The molecule has 2 unspecified atom stereocenters. The van der Waals surface area contributed by atoms with Crippen LogP contribution in [-0.2, 0) is 19.4 Å². The van der Waals surface area contributed by atoms with Gasteiger partial charge in [-0.2, -0.15) is 0 Å². The van der Waals surface area contributed by atoms with E-state index in [0.717, 1.165) is 41.4 Å². The zero-order chi connectivity index (χ0) is 21.6. The third-order valence-electron chi connectivity index (χ3n) is 6.26. The number of hydrogen-bond acceptors (Lipinski definition) is 3. The zero-order valence-corrected chi connectivity index (χ0v) is 22.2. The summed E-state index contributed by atoms with van der Waals surface area (Å²) in [6, 6.07) is 8.19. The number of ether oxygens (including phenoxy) is 1. The van der Waals surface area contributed by atoms with Gasteiger partial charge in [0.05, 0.1) is 12.5 Å². The Hall–Kier alpha value is -0.403. The SMILES string of the molecule is COC(=O)C(C)(CCCCC(C)CO[Si](C)(C)C(C)(C)C)c1cccc(I)c1. The molecule has 0 aliphatic carbocycles. The predicted octanol–water partition coefficient (Wildman–Crippen LogP) is 6.94. The minimum Gasteiger partial charge on any atom is -0.468 e. The van der Waals surface area contributed by atoms with Crippen molar-refractivity contribution in [2.24, 2.45) is 5.92 Å². The summed E-state index contributed by atoms with van der Waals surface area (Å²) >= 11 is 2.29. The Morgan fingerprint density at radius 3 is 2.36 bits per heavy atom. The Morgan fingerprint density at radius 2 is 1.82 bits per heavy atom. The minimum atomic E-state index is -1.68. The van der Waals surface area contributed by atoms with E-state index in [0.29, 0.717) is 5.92 Å². The molecule has 0 saturated heterocycles. The van der Waals surface area contributed by atoms with Gasteiger partial charge in [0, 0.05) is 10.2 Å². The number of halogens is 1. The van der Waals surface area contributed by atoms with Gasteiger partial charge in [0.25, 0.3) is 0 Å². The molecule has 0 aromatic heterocycles. The van der Waals surface area contributed by atoms with Crippen molar-refractivity contribution in [3.63, 3.8) is 0 Å². The summed E-state index contributed by atoms with van der Waals surface area (Å²) in [5.74, 6) is 0.389. The second kappa shape index (κ2) is 10.6. The highest BCUT2D eigenvalue weighted by molar-refractivity contribution is 14.1. The molecule has 3 nitrogen and oxygen atoms in total. The van der Waals surface area contributed by atoms with Crippen LogP contribution in [-0.4, -0.2) is 28.0 Å². The largest absolute Gasteiger partial charge is 0.468 e. The van der Waals surface area contributed by atoms with Crippen LogP contribution in [0.15, 0.2) is 24.3 Å². The number of unbranched alkanes of at least 4 members (excludes halogenated alkanes) is 1. The lowest BCUT2D eigenvalue weighted by molar-refractivity contribution is -0.147. The van der Waals surface area contributed by atoms with Crippen LogP contribution < -0.4 is 0 Å². The first-order valence-corrected chi connectivity index (χ1v) is 14.3. The summed E-state index contributed by atoms with van der Waals surface area (Å²) < 4.78 is 12.6. The fourth-order valence-corrected chi connectivity index (χ4v) is 4.72. The predicted molar refractivity (Wildman–Crippen MR) is 129 cm³/mol. The highest BCUT2D eigenvalue weighted by atomic mass is 127. The number of carbonyl (C=O) groups is 1. The molecule has 5 heteroatoms. The lowest BCUT2D eigenvalue weighted by Crippen LogP contribution is -2.41. The topological polar surface area (TPSA) is 35.5 Å². The Balaban J connectivity index is 2.58. The number of rotatable bonds is 10. The van der Waals surface area contributed by atoms with Crippen LogP contribution >= 0.6 is 22.6 Å². The van der Waals surface area contributed by atoms with Gasteiger partial charge in [0.2, 0.25) is 0 Å². The molecule has 0 heterocycles. The number of hydrogen-bond donors (Lipinski definition) is 0. The van der Waals surface area contributed by atoms with Gasteiger partial charge in [-0.05, 0) is 84.1 Å². The second-order valence-electron chi connectivity index (χ2n) is 9.76. The summed E-state index contributed by atoms with van der Waals surface area (Å²) in [4.78, 5) is 12.5. The monoisotopic (exact) mass is 518 g/mol. The molecular weight excluding hydrogens is 479 g/mol. The molecule has 2 atom stereocenters. The number of methoxy groups -OCH3 is 1. The maximum atomic E-state index is 12.5. The Bertz CT molecular complexity index is 639. The van der Waals surface area contributed by atoms with Gasteiger partial charge >= 0.3 is 5.97 Å². The molecule has 0 N–H and O–H groups in total. The van der Waals surface area contributed by atoms with Crippen LogP contribution in [0.5, 0.6) is 0 Å². The molecule has 1 aromatic rings. The van der Waals surface area contributed by atoms with Crippen molar-refractivity contribution in [3.8, 4) is 0 Å². The van der Waals surface area contributed by atoms with Crippen LogP contribution in [0.3, 0.4) is 0 Å². The third kappa shape index (κ3) is 7.13. The summed E-state index contributed by atoms with van der Waals surface area (Å²) in [6.45, 7) is 16.6. The van der Waals surface area contributed by atoms with Gasteiger partial charge in [-0.1, -0.05) is 52.7 Å². The molecule has 1 rings (SSSR count). The summed E-state index contributed by atoms with van der Waals surface area (Å²) in [6.07, 6.45) is 4.02. The van der Waals surface area contributed by atoms with Crippen molar-refractivity contribution >= 4 is 36.9 Å². The maximum Gasteiger partial charge on any atom is 0.315 e. The van der Waals surface area contributed by atoms with Crippen molar-refractivity contribution in [3.05, 3.63) is 33.4 Å². The van der Waals surface area contributed by atoms with E-state index < -0.39 is 13.7 Å². The highest BCUT2D eigenvalue weighted by Crippen LogP contribution is 2.37. The number of carbonyl (C=O) groups excluding carboxylic acids is 1. The molecule has 160 valence electrons. The molecule has 0 amide bonds. The molecule has 1 aromatic carbocycles. The van der Waals surface area contributed by atoms with E-state index in [1.54, 1.807) is 0 Å². The summed E-state index contributed by atoms with van der Waals surface area (Å²) in [5, 5.41) is 0.252. The smallest absolute Gasteiger partial charge is 0.315 e. The number of esters is 1. The van der Waals surface area contributed by atoms with Crippen molar-refractivity contribution in [1.82, 2.24) is 0 Å². The quantitative estimate of drug-likeness (QED) is 0.146. The standard InChI is InChI=1S/C23H39IO3Si/c1-18(17-27-28(7,8)22(2,3)4)12-9-10-15-23(5,21(25)26-6)19-13-11-14-20(24)16-19/h11,13-14,16,18H,9-10,12,15,17H2,1-8H3. The first-order valence-electron chi connectivity index (χ1n) is 10.3. The Kier molecular flexibility index (Phi) is 9.68. The molecule has 0 bridgehead atoms. The van der Waals surface area contributed by atoms with Crippen molar-refractivity contribution in [1.29, 1.82) is 0 Å².